The molecule has 0 unspecified atom stereocenters. The lowest BCUT2D eigenvalue weighted by Crippen LogP contribution is -2.41. The number of nitrogens with one attached hydrogen (secondary N) is 2. The Hall–Kier alpha value is -5.84. The SMILES string of the molecule is O=C(Cc1ccccc1CN1CCCCC1)N1CCC[C@H]1c1ncc(-c2ccc(-c3ccc(-c4cnc([C@H]5[C@H]6CC[C@@H](C6)N5C(=O)Cc5ccccc5CN5CCCCC5)[nH]4)cc3)cc2)[nH]1. The van der Waals surface area contributed by atoms with Crippen LogP contribution in [0.4, 0.5) is 0 Å². The molecule has 0 spiro atoms. The van der Waals surface area contributed by atoms with Crippen molar-refractivity contribution in [1.82, 2.24) is 39.5 Å². The van der Waals surface area contributed by atoms with Crippen LogP contribution in [0.25, 0.3) is 33.6 Å². The molecule has 1 saturated carbocycles. The molecule has 11 rings (SSSR count). The number of benzene rings is 4. The van der Waals surface area contributed by atoms with Crippen LogP contribution < -0.4 is 0 Å². The van der Waals surface area contributed by atoms with Gasteiger partial charge in [-0.3, -0.25) is 19.4 Å². The molecule has 1 aliphatic carbocycles. The highest BCUT2D eigenvalue weighted by molar-refractivity contribution is 5.81. The minimum atomic E-state index is -0.0405. The molecule has 10 nitrogen and oxygen atoms in total. The molecule has 0 radical (unpaired) electrons. The highest BCUT2D eigenvalue weighted by atomic mass is 16.2. The first-order chi connectivity index (χ1) is 32.5. The number of amides is 2. The van der Waals surface area contributed by atoms with Gasteiger partial charge in [-0.25, -0.2) is 9.97 Å². The summed E-state index contributed by atoms with van der Waals surface area (Å²) in [6.07, 6.45) is 17.6. The van der Waals surface area contributed by atoms with E-state index in [9.17, 15) is 9.59 Å². The van der Waals surface area contributed by atoms with Crippen LogP contribution in [0.1, 0.15) is 117 Å². The summed E-state index contributed by atoms with van der Waals surface area (Å²) in [6.45, 7) is 7.19. The van der Waals surface area contributed by atoms with Gasteiger partial charge in [0.05, 0.1) is 48.7 Å². The van der Waals surface area contributed by atoms with Crippen molar-refractivity contribution in [2.75, 3.05) is 32.7 Å². The Morgan fingerprint density at radius 2 is 1.02 bits per heavy atom. The van der Waals surface area contributed by atoms with Gasteiger partial charge in [0.15, 0.2) is 0 Å². The largest absolute Gasteiger partial charge is 0.340 e. The molecule has 4 aromatic carbocycles. The van der Waals surface area contributed by atoms with Crippen molar-refractivity contribution < 1.29 is 9.59 Å². The average Bonchev–Trinajstić information content (AvgIpc) is 4.23. The Bertz CT molecular complexity index is 2620. The van der Waals surface area contributed by atoms with Crippen molar-refractivity contribution in [2.24, 2.45) is 5.92 Å². The molecule has 2 amide bonds. The fourth-order valence-electron chi connectivity index (χ4n) is 12.0. The van der Waals surface area contributed by atoms with Gasteiger partial charge in [-0.2, -0.15) is 0 Å². The lowest BCUT2D eigenvalue weighted by molar-refractivity contribution is -0.135. The smallest absolute Gasteiger partial charge is 0.227 e. The van der Waals surface area contributed by atoms with Crippen LogP contribution in [0.3, 0.4) is 0 Å². The van der Waals surface area contributed by atoms with E-state index in [0.29, 0.717) is 18.8 Å². The first kappa shape index (κ1) is 42.8. The number of nitrogens with zero attached hydrogens (tertiary/aromatic N) is 6. The van der Waals surface area contributed by atoms with Gasteiger partial charge in [-0.05, 0) is 134 Å². The summed E-state index contributed by atoms with van der Waals surface area (Å²) in [6, 6.07) is 34.6. The number of likely N-dealkylation sites (tertiary alicyclic amines) is 4. The van der Waals surface area contributed by atoms with Crippen LogP contribution in [-0.4, -0.2) is 90.1 Å². The molecule has 340 valence electrons. The highest BCUT2D eigenvalue weighted by Crippen LogP contribution is 2.50. The maximum atomic E-state index is 14.2. The van der Waals surface area contributed by atoms with Crippen molar-refractivity contribution in [3.63, 3.8) is 0 Å². The van der Waals surface area contributed by atoms with Crippen molar-refractivity contribution in [1.29, 1.82) is 0 Å². The van der Waals surface area contributed by atoms with Crippen LogP contribution in [-0.2, 0) is 35.5 Å². The normalized spacial score (nSPS) is 22.4. The van der Waals surface area contributed by atoms with E-state index >= 15 is 0 Å². The monoisotopic (exact) mass is 881 g/mol. The fourth-order valence-corrected chi connectivity index (χ4v) is 12.0. The second-order valence-electron chi connectivity index (χ2n) is 19.8. The quantitative estimate of drug-likeness (QED) is 0.120. The summed E-state index contributed by atoms with van der Waals surface area (Å²) in [5, 5.41) is 0. The van der Waals surface area contributed by atoms with Gasteiger partial charge < -0.3 is 19.8 Å². The molecule has 2 bridgehead atoms. The van der Waals surface area contributed by atoms with Gasteiger partial charge in [0, 0.05) is 25.7 Å². The number of H-pyrrole nitrogens is 2. The highest BCUT2D eigenvalue weighted by Gasteiger charge is 2.49. The van der Waals surface area contributed by atoms with Crippen LogP contribution in [0, 0.1) is 5.92 Å². The first-order valence-corrected chi connectivity index (χ1v) is 25.0. The topological polar surface area (TPSA) is 104 Å². The van der Waals surface area contributed by atoms with Gasteiger partial charge in [-0.15, -0.1) is 0 Å². The second-order valence-corrected chi connectivity index (χ2v) is 19.8. The zero-order valence-electron chi connectivity index (χ0n) is 38.3. The maximum Gasteiger partial charge on any atom is 0.227 e. The van der Waals surface area contributed by atoms with E-state index in [-0.39, 0.29) is 29.9 Å². The van der Waals surface area contributed by atoms with Gasteiger partial charge in [-0.1, -0.05) is 110 Å². The average molecular weight is 881 g/mol. The Kier molecular flexibility index (Phi) is 12.4. The molecule has 2 N–H and O–H groups in total. The van der Waals surface area contributed by atoms with Crippen molar-refractivity contribution in [3.8, 4) is 33.6 Å². The molecule has 66 heavy (non-hydrogen) atoms. The number of carbonyl (C=O) groups is 2. The molecule has 5 fully saturated rings. The number of aromatic amines is 2. The van der Waals surface area contributed by atoms with Gasteiger partial charge in [0.2, 0.25) is 11.8 Å². The van der Waals surface area contributed by atoms with E-state index in [2.05, 4.69) is 122 Å². The van der Waals surface area contributed by atoms with Crippen LogP contribution >= 0.6 is 0 Å². The third-order valence-corrected chi connectivity index (χ3v) is 15.6. The van der Waals surface area contributed by atoms with Gasteiger partial charge in [0.1, 0.15) is 11.6 Å². The maximum absolute atomic E-state index is 14.2. The van der Waals surface area contributed by atoms with Crippen molar-refractivity contribution in [2.45, 2.75) is 115 Å². The van der Waals surface area contributed by atoms with Crippen LogP contribution in [0.2, 0.25) is 0 Å². The summed E-state index contributed by atoms with van der Waals surface area (Å²) in [4.78, 5) is 54.4. The molecular weight excluding hydrogens is 817 g/mol. The first-order valence-electron chi connectivity index (χ1n) is 25.0. The Labute approximate surface area is 389 Å². The predicted molar refractivity (Wildman–Crippen MR) is 260 cm³/mol. The van der Waals surface area contributed by atoms with Gasteiger partial charge in [0.25, 0.3) is 0 Å². The molecule has 2 aromatic heterocycles. The van der Waals surface area contributed by atoms with E-state index in [4.69, 9.17) is 9.97 Å². The molecule has 10 heteroatoms. The summed E-state index contributed by atoms with van der Waals surface area (Å²) >= 11 is 0. The molecule has 5 aliphatic rings. The van der Waals surface area contributed by atoms with Crippen molar-refractivity contribution in [3.05, 3.63) is 143 Å². The number of hydrogen-bond donors (Lipinski definition) is 2. The molecule has 4 atom stereocenters. The van der Waals surface area contributed by atoms with E-state index < -0.39 is 0 Å². The third-order valence-electron chi connectivity index (χ3n) is 15.6. The Morgan fingerprint density at radius 1 is 0.515 bits per heavy atom. The zero-order chi connectivity index (χ0) is 44.4. The van der Waals surface area contributed by atoms with Crippen LogP contribution in [0.5, 0.6) is 0 Å². The van der Waals surface area contributed by atoms with E-state index in [0.717, 1.165) is 134 Å². The molecule has 6 aromatic rings. The summed E-state index contributed by atoms with van der Waals surface area (Å²) in [5.74, 6) is 2.62. The predicted octanol–water partition coefficient (Wildman–Crippen LogP) is 10.3. The van der Waals surface area contributed by atoms with E-state index in [1.807, 2.05) is 17.3 Å². The summed E-state index contributed by atoms with van der Waals surface area (Å²) < 4.78 is 0. The Morgan fingerprint density at radius 3 is 1.59 bits per heavy atom. The number of imidazole rings is 2. The number of aromatic nitrogens is 4. The van der Waals surface area contributed by atoms with Gasteiger partial charge >= 0.3 is 0 Å². The van der Waals surface area contributed by atoms with E-state index in [1.165, 1.54) is 49.7 Å². The van der Waals surface area contributed by atoms with E-state index in [1.54, 1.807) is 0 Å². The van der Waals surface area contributed by atoms with Crippen molar-refractivity contribution >= 4 is 11.8 Å². The number of piperidine rings is 3. The van der Waals surface area contributed by atoms with Crippen LogP contribution in [0.15, 0.2) is 109 Å². The lowest BCUT2D eigenvalue weighted by atomic mass is 9.96. The molecule has 4 saturated heterocycles. The fraction of sp³-hybridized carbons (Fsp3) is 0.429. The lowest BCUT2D eigenvalue weighted by Gasteiger charge is -2.34. The minimum Gasteiger partial charge on any atom is -0.340 e. The summed E-state index contributed by atoms with van der Waals surface area (Å²) in [7, 11) is 0. The summed E-state index contributed by atoms with van der Waals surface area (Å²) in [5.41, 5.74) is 11.2. The Balaban J connectivity index is 0.726. The standard InChI is InChI=1S/C56H64N8O2/c65-52(33-43-12-3-5-14-46(43)37-61-27-7-1-8-28-61)63-31-11-16-51(63)55-57-35-49(59-55)41-21-17-39(18-22-41)40-19-23-42(24-20-40)50-36-58-56(60-50)54-45-25-26-48(32-45)64(54)53(66)34-44-13-4-6-15-47(44)38-62-29-9-2-10-30-62/h3-6,12-15,17-24,35-36,45,48,51,54H,1-2,7-11,16,25-34,37-38H2,(H,57,59)(H,58,60)/t45-,48-,51-,54+/m0/s1. The zero-order valence-corrected chi connectivity index (χ0v) is 38.3. The number of rotatable bonds is 13. The molecule has 6 heterocycles. The number of fused-ring (bicyclic) bond motifs is 2. The number of hydrogen-bond acceptors (Lipinski definition) is 6. The minimum absolute atomic E-state index is 0.00940. The second kappa shape index (κ2) is 19.2. The third kappa shape index (κ3) is 9.02. The number of carbonyl (C=O) groups excluding carboxylic acids is 2. The molecule has 4 aliphatic heterocycles. The molecular formula is C56H64N8O2.